The number of thioether (sulfide) groups is 1. The summed E-state index contributed by atoms with van der Waals surface area (Å²) in [6.45, 7) is 0. The molecule has 0 spiro atoms. The highest BCUT2D eigenvalue weighted by molar-refractivity contribution is 7.98. The summed E-state index contributed by atoms with van der Waals surface area (Å²) in [6, 6.07) is 9.73. The predicted octanol–water partition coefficient (Wildman–Crippen LogP) is 3.14. The van der Waals surface area contributed by atoms with E-state index in [4.69, 9.17) is 0 Å². The molecular formula is C11H12F2OS. The fraction of sp³-hybridized carbons (Fsp3) is 0.364. The van der Waals surface area contributed by atoms with Gasteiger partial charge in [0.05, 0.1) is 0 Å². The van der Waals surface area contributed by atoms with Gasteiger partial charge in [0.15, 0.2) is 5.78 Å². The van der Waals surface area contributed by atoms with E-state index in [1.807, 2.05) is 30.3 Å². The third kappa shape index (κ3) is 4.93. The summed E-state index contributed by atoms with van der Waals surface area (Å²) in [4.78, 5) is 10.6. The zero-order valence-corrected chi connectivity index (χ0v) is 8.97. The van der Waals surface area contributed by atoms with Crippen LogP contribution in [0, 0.1) is 0 Å². The topological polar surface area (TPSA) is 17.1 Å². The van der Waals surface area contributed by atoms with Crippen LogP contribution in [-0.2, 0) is 10.5 Å². The number of ketones is 1. The number of benzene rings is 1. The molecule has 0 heterocycles. The number of rotatable bonds is 6. The molecule has 82 valence electrons. The van der Waals surface area contributed by atoms with Gasteiger partial charge in [0.2, 0.25) is 0 Å². The molecule has 4 heteroatoms. The summed E-state index contributed by atoms with van der Waals surface area (Å²) in [6.07, 6.45) is -2.86. The van der Waals surface area contributed by atoms with Crippen LogP contribution in [-0.4, -0.2) is 18.0 Å². The lowest BCUT2D eigenvalue weighted by atomic mass is 10.2. The maximum Gasteiger partial charge on any atom is 0.296 e. The Labute approximate surface area is 91.9 Å². The zero-order valence-electron chi connectivity index (χ0n) is 8.16. The number of Topliss-reactive ketones (excluding diaryl/α,β-unsaturated/α-hetero) is 1. The average molecular weight is 230 g/mol. The second kappa shape index (κ2) is 6.56. The molecule has 0 atom stereocenters. The lowest BCUT2D eigenvalue weighted by molar-refractivity contribution is -0.129. The van der Waals surface area contributed by atoms with Gasteiger partial charge in [-0.3, -0.25) is 4.79 Å². The highest BCUT2D eigenvalue weighted by atomic mass is 32.2. The quantitative estimate of drug-likeness (QED) is 0.698. The van der Waals surface area contributed by atoms with E-state index in [0.29, 0.717) is 5.75 Å². The van der Waals surface area contributed by atoms with E-state index in [2.05, 4.69) is 0 Å². The van der Waals surface area contributed by atoms with E-state index in [1.54, 1.807) is 0 Å². The first-order chi connectivity index (χ1) is 7.20. The molecule has 0 radical (unpaired) electrons. The summed E-state index contributed by atoms with van der Waals surface area (Å²) in [5.74, 6) is 0.255. The van der Waals surface area contributed by atoms with Crippen LogP contribution in [0.1, 0.15) is 12.0 Å². The smallest absolute Gasteiger partial charge is 0.293 e. The number of carbonyl (C=O) groups is 1. The lowest BCUT2D eigenvalue weighted by Gasteiger charge is -2.01. The maximum atomic E-state index is 11.8. The Bertz CT molecular complexity index is 301. The van der Waals surface area contributed by atoms with Crippen LogP contribution < -0.4 is 0 Å². The van der Waals surface area contributed by atoms with Gasteiger partial charge in [-0.25, -0.2) is 8.78 Å². The van der Waals surface area contributed by atoms with Crippen molar-refractivity contribution in [3.63, 3.8) is 0 Å². The van der Waals surface area contributed by atoms with Gasteiger partial charge in [0, 0.05) is 17.9 Å². The molecule has 0 aliphatic rings. The van der Waals surface area contributed by atoms with E-state index < -0.39 is 12.2 Å². The van der Waals surface area contributed by atoms with Crippen LogP contribution in [0.4, 0.5) is 8.78 Å². The van der Waals surface area contributed by atoms with E-state index in [9.17, 15) is 13.6 Å². The highest BCUT2D eigenvalue weighted by Gasteiger charge is 2.13. The minimum Gasteiger partial charge on any atom is -0.293 e. The largest absolute Gasteiger partial charge is 0.296 e. The van der Waals surface area contributed by atoms with E-state index >= 15 is 0 Å². The minimum absolute atomic E-state index is 0.0465. The van der Waals surface area contributed by atoms with Crippen molar-refractivity contribution in [2.24, 2.45) is 0 Å². The lowest BCUT2D eigenvalue weighted by Crippen LogP contribution is -2.10. The predicted molar refractivity (Wildman–Crippen MR) is 58.2 cm³/mol. The molecule has 0 aliphatic heterocycles. The van der Waals surface area contributed by atoms with Crippen LogP contribution in [0.15, 0.2) is 30.3 Å². The molecule has 1 aromatic carbocycles. The number of carbonyl (C=O) groups excluding carboxylic acids is 1. The van der Waals surface area contributed by atoms with Crippen LogP contribution in [0.5, 0.6) is 0 Å². The molecule has 0 N–H and O–H groups in total. The van der Waals surface area contributed by atoms with Crippen LogP contribution in [0.25, 0.3) is 0 Å². The van der Waals surface area contributed by atoms with Crippen molar-refractivity contribution in [2.45, 2.75) is 18.6 Å². The number of alkyl halides is 2. The Morgan fingerprint density at radius 2 is 1.93 bits per heavy atom. The van der Waals surface area contributed by atoms with Crippen molar-refractivity contribution in [2.75, 3.05) is 5.75 Å². The van der Waals surface area contributed by atoms with Gasteiger partial charge in [-0.15, -0.1) is 0 Å². The van der Waals surface area contributed by atoms with Gasteiger partial charge in [0.25, 0.3) is 6.43 Å². The molecule has 0 saturated carbocycles. The summed E-state index contributed by atoms with van der Waals surface area (Å²) in [5.41, 5.74) is 1.15. The van der Waals surface area contributed by atoms with Crippen molar-refractivity contribution in [3.8, 4) is 0 Å². The third-order valence-corrected chi connectivity index (χ3v) is 2.88. The summed E-state index contributed by atoms with van der Waals surface area (Å²) in [5, 5.41) is 0. The number of hydrogen-bond donors (Lipinski definition) is 0. The van der Waals surface area contributed by atoms with Gasteiger partial charge >= 0.3 is 0 Å². The van der Waals surface area contributed by atoms with Crippen LogP contribution >= 0.6 is 11.8 Å². The molecule has 1 rings (SSSR count). The molecule has 0 aliphatic carbocycles. The number of halogens is 2. The summed E-state index contributed by atoms with van der Waals surface area (Å²) >= 11 is 1.50. The van der Waals surface area contributed by atoms with Gasteiger partial charge in [-0.05, 0) is 5.56 Å². The number of hydrogen-bond acceptors (Lipinski definition) is 2. The fourth-order valence-electron chi connectivity index (χ4n) is 1.05. The molecule has 0 bridgehead atoms. The third-order valence-electron chi connectivity index (χ3n) is 1.85. The molecular weight excluding hydrogens is 218 g/mol. The first-order valence-corrected chi connectivity index (χ1v) is 5.78. The molecule has 0 unspecified atom stereocenters. The molecule has 0 fully saturated rings. The van der Waals surface area contributed by atoms with Gasteiger partial charge in [0.1, 0.15) is 0 Å². The summed E-state index contributed by atoms with van der Waals surface area (Å²) < 4.78 is 23.6. The first-order valence-electron chi connectivity index (χ1n) is 4.62. The van der Waals surface area contributed by atoms with Crippen molar-refractivity contribution in [3.05, 3.63) is 35.9 Å². The van der Waals surface area contributed by atoms with Gasteiger partial charge < -0.3 is 0 Å². The second-order valence-electron chi connectivity index (χ2n) is 3.06. The monoisotopic (exact) mass is 230 g/mol. The second-order valence-corrected chi connectivity index (χ2v) is 4.16. The van der Waals surface area contributed by atoms with Crippen molar-refractivity contribution >= 4 is 17.5 Å². The Morgan fingerprint density at radius 3 is 2.53 bits per heavy atom. The normalized spacial score (nSPS) is 10.6. The Hall–Kier alpha value is -0.900. The Kier molecular flexibility index (Phi) is 5.32. The Balaban J connectivity index is 2.15. The zero-order chi connectivity index (χ0) is 11.1. The van der Waals surface area contributed by atoms with E-state index in [1.165, 1.54) is 11.8 Å². The molecule has 0 amide bonds. The van der Waals surface area contributed by atoms with Crippen LogP contribution in [0.2, 0.25) is 0 Å². The van der Waals surface area contributed by atoms with Crippen molar-refractivity contribution in [1.29, 1.82) is 0 Å². The average Bonchev–Trinajstić information content (AvgIpc) is 2.25. The van der Waals surface area contributed by atoms with E-state index in [0.717, 1.165) is 11.3 Å². The van der Waals surface area contributed by atoms with Crippen LogP contribution in [0.3, 0.4) is 0 Å². The van der Waals surface area contributed by atoms with Crippen molar-refractivity contribution < 1.29 is 13.6 Å². The highest BCUT2D eigenvalue weighted by Crippen LogP contribution is 2.13. The van der Waals surface area contributed by atoms with Crippen molar-refractivity contribution in [1.82, 2.24) is 0 Å². The van der Waals surface area contributed by atoms with E-state index in [-0.39, 0.29) is 6.42 Å². The SMILES string of the molecule is O=C(CCSCc1ccccc1)C(F)F. The first kappa shape index (κ1) is 12.2. The molecule has 1 aromatic rings. The summed E-state index contributed by atoms with van der Waals surface area (Å²) in [7, 11) is 0. The minimum atomic E-state index is -2.82. The van der Waals surface area contributed by atoms with Gasteiger partial charge in [-0.2, -0.15) is 11.8 Å². The maximum absolute atomic E-state index is 11.8. The molecule has 15 heavy (non-hydrogen) atoms. The molecule has 0 aromatic heterocycles. The standard InChI is InChI=1S/C11H12F2OS/c12-11(13)10(14)6-7-15-8-9-4-2-1-3-5-9/h1-5,11H,6-8H2. The Morgan fingerprint density at radius 1 is 1.27 bits per heavy atom. The fourth-order valence-corrected chi connectivity index (χ4v) is 1.96. The molecule has 1 nitrogen and oxygen atoms in total. The van der Waals surface area contributed by atoms with Gasteiger partial charge in [-0.1, -0.05) is 30.3 Å². The molecule has 0 saturated heterocycles.